The Bertz CT molecular complexity index is 622. The smallest absolute Gasteiger partial charge is 0.304 e. The highest BCUT2D eigenvalue weighted by Crippen LogP contribution is 2.16. The van der Waals surface area contributed by atoms with Crippen LogP contribution in [0.1, 0.15) is 17.5 Å². The number of aliphatic carboxylic acids is 1. The van der Waals surface area contributed by atoms with Crippen LogP contribution >= 0.6 is 0 Å². The molecule has 0 atom stereocenters. The van der Waals surface area contributed by atoms with E-state index in [1.54, 1.807) is 13.0 Å². The summed E-state index contributed by atoms with van der Waals surface area (Å²) in [5.41, 5.74) is 2.33. The molecule has 0 fully saturated rings. The van der Waals surface area contributed by atoms with Gasteiger partial charge in [-0.3, -0.25) is 9.59 Å². The lowest BCUT2D eigenvalue weighted by atomic mass is 10.1. The monoisotopic (exact) mass is 299 g/mol. The minimum Gasteiger partial charge on any atom is -0.481 e. The van der Waals surface area contributed by atoms with Crippen LogP contribution in [0.25, 0.3) is 0 Å². The van der Waals surface area contributed by atoms with Crippen LogP contribution in [-0.4, -0.2) is 36.9 Å². The fraction of sp³-hybridized carbons (Fsp3) is 0.385. The van der Waals surface area contributed by atoms with Crippen LogP contribution in [0.2, 0.25) is 0 Å². The van der Waals surface area contributed by atoms with Crippen molar-refractivity contribution in [2.45, 2.75) is 20.3 Å². The van der Waals surface area contributed by atoms with Gasteiger partial charge in [0.15, 0.2) is 9.84 Å². The molecule has 2 N–H and O–H groups in total. The number of amides is 1. The van der Waals surface area contributed by atoms with Crippen LogP contribution in [0.3, 0.4) is 0 Å². The number of nitrogens with one attached hydrogen (secondary N) is 1. The summed E-state index contributed by atoms with van der Waals surface area (Å²) in [6.07, 6.45) is -0.501. The van der Waals surface area contributed by atoms with Crippen molar-refractivity contribution in [2.24, 2.45) is 0 Å². The number of sulfone groups is 1. The lowest BCUT2D eigenvalue weighted by molar-refractivity contribution is -0.136. The van der Waals surface area contributed by atoms with Gasteiger partial charge in [0.25, 0.3) is 0 Å². The van der Waals surface area contributed by atoms with Crippen molar-refractivity contribution >= 4 is 27.4 Å². The molecule has 1 aromatic carbocycles. The molecule has 0 saturated carbocycles. The average molecular weight is 299 g/mol. The van der Waals surface area contributed by atoms with Gasteiger partial charge in [0, 0.05) is 5.69 Å². The third-order valence-corrected chi connectivity index (χ3v) is 4.17. The van der Waals surface area contributed by atoms with E-state index < -0.39 is 39.6 Å². The highest BCUT2D eigenvalue weighted by molar-refractivity contribution is 7.92. The van der Waals surface area contributed by atoms with Crippen molar-refractivity contribution in [3.05, 3.63) is 29.3 Å². The van der Waals surface area contributed by atoms with Gasteiger partial charge >= 0.3 is 5.97 Å². The Balaban J connectivity index is 2.68. The second-order valence-electron chi connectivity index (χ2n) is 4.60. The van der Waals surface area contributed by atoms with Crippen LogP contribution in [0.4, 0.5) is 5.69 Å². The zero-order chi connectivity index (χ0) is 15.3. The maximum Gasteiger partial charge on any atom is 0.304 e. The molecule has 0 unspecified atom stereocenters. The summed E-state index contributed by atoms with van der Waals surface area (Å²) in [7, 11) is -3.71. The summed E-state index contributed by atoms with van der Waals surface area (Å²) in [6, 6.07) is 5.45. The first kappa shape index (κ1) is 16.2. The van der Waals surface area contributed by atoms with Crippen LogP contribution < -0.4 is 5.32 Å². The van der Waals surface area contributed by atoms with Crippen molar-refractivity contribution in [3.63, 3.8) is 0 Å². The molecule has 0 bridgehead atoms. The van der Waals surface area contributed by atoms with Gasteiger partial charge in [-0.05, 0) is 31.0 Å². The summed E-state index contributed by atoms with van der Waals surface area (Å²) in [4.78, 5) is 22.0. The zero-order valence-corrected chi connectivity index (χ0v) is 12.2. The molecular formula is C13H17NO5S. The second kappa shape index (κ2) is 6.51. The number of aryl methyl sites for hydroxylation is 2. The Morgan fingerprint density at radius 2 is 1.90 bits per heavy atom. The summed E-state index contributed by atoms with van der Waals surface area (Å²) in [6.45, 7) is 3.66. The summed E-state index contributed by atoms with van der Waals surface area (Å²) in [5.74, 6) is -3.12. The predicted molar refractivity (Wildman–Crippen MR) is 75.5 cm³/mol. The van der Waals surface area contributed by atoms with Gasteiger partial charge < -0.3 is 10.4 Å². The number of benzene rings is 1. The molecule has 1 amide bonds. The minimum atomic E-state index is -3.71. The summed E-state index contributed by atoms with van der Waals surface area (Å²) in [5, 5.41) is 11.0. The number of carbonyl (C=O) groups excluding carboxylic acids is 1. The molecule has 0 aliphatic heterocycles. The number of anilines is 1. The van der Waals surface area contributed by atoms with Gasteiger partial charge in [0.2, 0.25) is 5.91 Å². The molecule has 1 rings (SSSR count). The molecule has 110 valence electrons. The summed E-state index contributed by atoms with van der Waals surface area (Å²) < 4.78 is 23.1. The molecule has 0 radical (unpaired) electrons. The number of hydrogen-bond acceptors (Lipinski definition) is 4. The summed E-state index contributed by atoms with van der Waals surface area (Å²) >= 11 is 0. The molecule has 1 aromatic rings. The molecule has 0 aliphatic carbocycles. The van der Waals surface area contributed by atoms with E-state index in [9.17, 15) is 18.0 Å². The quantitative estimate of drug-likeness (QED) is 0.820. The standard InChI is InChI=1S/C13H17NO5S/c1-9-3-4-10(2)11(7-9)14-12(15)8-20(18,19)6-5-13(16)17/h3-4,7H,5-6,8H2,1-2H3,(H,14,15)(H,16,17). The van der Waals surface area contributed by atoms with E-state index in [0.717, 1.165) is 11.1 Å². The van der Waals surface area contributed by atoms with Crippen molar-refractivity contribution in [3.8, 4) is 0 Å². The molecule has 0 spiro atoms. The van der Waals surface area contributed by atoms with Crippen LogP contribution in [0.5, 0.6) is 0 Å². The third-order valence-electron chi connectivity index (χ3n) is 2.65. The molecule has 0 aromatic heterocycles. The highest BCUT2D eigenvalue weighted by atomic mass is 32.2. The maximum absolute atomic E-state index is 11.7. The number of carbonyl (C=O) groups is 2. The van der Waals surface area contributed by atoms with Crippen LogP contribution in [0, 0.1) is 13.8 Å². The van der Waals surface area contributed by atoms with E-state index in [4.69, 9.17) is 5.11 Å². The lowest BCUT2D eigenvalue weighted by Gasteiger charge is -2.09. The number of hydrogen-bond donors (Lipinski definition) is 2. The first-order valence-electron chi connectivity index (χ1n) is 5.99. The number of rotatable bonds is 6. The second-order valence-corrected chi connectivity index (χ2v) is 6.79. The first-order chi connectivity index (χ1) is 9.19. The number of carboxylic acid groups (broad SMARTS) is 1. The van der Waals surface area contributed by atoms with E-state index in [0.29, 0.717) is 5.69 Å². The van der Waals surface area contributed by atoms with Gasteiger partial charge in [0.05, 0.1) is 12.2 Å². The number of carboxylic acids is 1. The van der Waals surface area contributed by atoms with E-state index in [1.807, 2.05) is 19.1 Å². The molecule has 20 heavy (non-hydrogen) atoms. The average Bonchev–Trinajstić information content (AvgIpc) is 2.31. The largest absolute Gasteiger partial charge is 0.481 e. The van der Waals surface area contributed by atoms with E-state index in [-0.39, 0.29) is 0 Å². The normalized spacial score (nSPS) is 11.1. The maximum atomic E-state index is 11.7. The Labute approximate surface area is 117 Å². The molecule has 0 aliphatic rings. The fourth-order valence-electron chi connectivity index (χ4n) is 1.57. The predicted octanol–water partition coefficient (Wildman–Crippen LogP) is 1.13. The minimum absolute atomic E-state index is 0.501. The van der Waals surface area contributed by atoms with E-state index >= 15 is 0 Å². The Morgan fingerprint density at radius 3 is 2.50 bits per heavy atom. The van der Waals surface area contributed by atoms with Gasteiger partial charge in [-0.2, -0.15) is 0 Å². The van der Waals surface area contributed by atoms with E-state index in [2.05, 4.69) is 5.32 Å². The van der Waals surface area contributed by atoms with Gasteiger partial charge in [-0.15, -0.1) is 0 Å². The van der Waals surface area contributed by atoms with Crippen molar-refractivity contribution in [1.29, 1.82) is 0 Å². The van der Waals surface area contributed by atoms with Crippen LogP contribution in [-0.2, 0) is 19.4 Å². The van der Waals surface area contributed by atoms with Crippen LogP contribution in [0.15, 0.2) is 18.2 Å². The zero-order valence-electron chi connectivity index (χ0n) is 11.3. The Kier molecular flexibility index (Phi) is 5.26. The van der Waals surface area contributed by atoms with Crippen molar-refractivity contribution in [2.75, 3.05) is 16.8 Å². The first-order valence-corrected chi connectivity index (χ1v) is 7.81. The molecule has 6 nitrogen and oxygen atoms in total. The highest BCUT2D eigenvalue weighted by Gasteiger charge is 2.18. The molecule has 0 saturated heterocycles. The Hall–Kier alpha value is -1.89. The topological polar surface area (TPSA) is 101 Å². The van der Waals surface area contributed by atoms with Crippen molar-refractivity contribution < 1.29 is 23.1 Å². The van der Waals surface area contributed by atoms with Gasteiger partial charge in [0.1, 0.15) is 5.75 Å². The molecule has 7 heteroatoms. The van der Waals surface area contributed by atoms with Gasteiger partial charge in [-0.1, -0.05) is 12.1 Å². The molecular weight excluding hydrogens is 282 g/mol. The third kappa shape index (κ3) is 5.40. The fourth-order valence-corrected chi connectivity index (χ4v) is 2.67. The lowest BCUT2D eigenvalue weighted by Crippen LogP contribution is -2.25. The molecule has 0 heterocycles. The van der Waals surface area contributed by atoms with Crippen molar-refractivity contribution in [1.82, 2.24) is 0 Å². The van der Waals surface area contributed by atoms with Gasteiger partial charge in [-0.25, -0.2) is 8.42 Å². The Morgan fingerprint density at radius 1 is 1.25 bits per heavy atom. The van der Waals surface area contributed by atoms with E-state index in [1.165, 1.54) is 0 Å². The SMILES string of the molecule is Cc1ccc(C)c(NC(=O)CS(=O)(=O)CCC(=O)O)c1.